The summed E-state index contributed by atoms with van der Waals surface area (Å²) in [7, 11) is 0. The third-order valence-corrected chi connectivity index (χ3v) is 4.44. The molecule has 1 unspecified atom stereocenters. The van der Waals surface area contributed by atoms with E-state index < -0.39 is 0 Å². The lowest BCUT2D eigenvalue weighted by molar-refractivity contribution is 0.741. The van der Waals surface area contributed by atoms with E-state index in [1.54, 1.807) is 0 Å². The van der Waals surface area contributed by atoms with Gasteiger partial charge in [-0.05, 0) is 37.8 Å². The van der Waals surface area contributed by atoms with Gasteiger partial charge >= 0.3 is 0 Å². The van der Waals surface area contributed by atoms with Crippen LogP contribution in [0.3, 0.4) is 0 Å². The van der Waals surface area contributed by atoms with E-state index in [4.69, 9.17) is 4.98 Å². The second-order valence-corrected chi connectivity index (χ2v) is 5.98. The van der Waals surface area contributed by atoms with Gasteiger partial charge in [0.05, 0.1) is 22.4 Å². The zero-order valence-electron chi connectivity index (χ0n) is 9.86. The van der Waals surface area contributed by atoms with Crippen LogP contribution >= 0.6 is 15.9 Å². The Bertz CT molecular complexity index is 549. The van der Waals surface area contributed by atoms with Gasteiger partial charge in [0.15, 0.2) is 0 Å². The standard InChI is InChI=1S/C14H15BrN2/c1-9-14(8-11(15)10-6-7-10)17-13-5-3-2-4-12(13)16-9/h2-5,10-11H,6-8H2,1H3. The first-order valence-corrected chi connectivity index (χ1v) is 7.02. The molecule has 1 atom stereocenters. The van der Waals surface area contributed by atoms with Crippen LogP contribution in [0.4, 0.5) is 0 Å². The van der Waals surface area contributed by atoms with Gasteiger partial charge in [-0.3, -0.25) is 0 Å². The first-order valence-electron chi connectivity index (χ1n) is 6.10. The summed E-state index contributed by atoms with van der Waals surface area (Å²) in [6.07, 6.45) is 3.71. The number of aromatic nitrogens is 2. The Balaban J connectivity index is 1.94. The first kappa shape index (κ1) is 11.1. The molecule has 2 aromatic rings. The molecule has 0 N–H and O–H groups in total. The highest BCUT2D eigenvalue weighted by Gasteiger charge is 2.30. The molecule has 1 heterocycles. The predicted octanol–water partition coefficient (Wildman–Crippen LogP) is 3.65. The average Bonchev–Trinajstić information content (AvgIpc) is 3.14. The molecule has 0 amide bonds. The lowest BCUT2D eigenvalue weighted by Crippen LogP contribution is -2.09. The van der Waals surface area contributed by atoms with Crippen molar-refractivity contribution in [2.45, 2.75) is 31.0 Å². The minimum absolute atomic E-state index is 0.566. The number of benzene rings is 1. The quantitative estimate of drug-likeness (QED) is 0.807. The molecule has 1 aliphatic carbocycles. The van der Waals surface area contributed by atoms with Crippen LogP contribution in [0.2, 0.25) is 0 Å². The Morgan fingerprint density at radius 3 is 2.53 bits per heavy atom. The maximum absolute atomic E-state index is 4.73. The maximum atomic E-state index is 4.73. The van der Waals surface area contributed by atoms with Crippen molar-refractivity contribution < 1.29 is 0 Å². The highest BCUT2D eigenvalue weighted by atomic mass is 79.9. The summed E-state index contributed by atoms with van der Waals surface area (Å²) in [5.41, 5.74) is 4.20. The van der Waals surface area contributed by atoms with Crippen molar-refractivity contribution in [1.29, 1.82) is 0 Å². The van der Waals surface area contributed by atoms with Crippen molar-refractivity contribution in [1.82, 2.24) is 9.97 Å². The molecule has 17 heavy (non-hydrogen) atoms. The van der Waals surface area contributed by atoms with E-state index in [0.717, 1.165) is 34.8 Å². The Morgan fingerprint density at radius 2 is 1.88 bits per heavy atom. The molecule has 0 saturated heterocycles. The fourth-order valence-corrected chi connectivity index (χ4v) is 2.96. The van der Waals surface area contributed by atoms with Crippen molar-refractivity contribution in [3.63, 3.8) is 0 Å². The highest BCUT2D eigenvalue weighted by molar-refractivity contribution is 9.09. The van der Waals surface area contributed by atoms with Crippen LogP contribution in [0, 0.1) is 12.8 Å². The minimum Gasteiger partial charge on any atom is -0.250 e. The summed E-state index contributed by atoms with van der Waals surface area (Å²) in [6, 6.07) is 8.08. The Kier molecular flexibility index (Phi) is 2.87. The van der Waals surface area contributed by atoms with Gasteiger partial charge in [-0.25, -0.2) is 9.97 Å². The number of aryl methyl sites for hydroxylation is 1. The van der Waals surface area contributed by atoms with Crippen LogP contribution in [0.15, 0.2) is 24.3 Å². The summed E-state index contributed by atoms with van der Waals surface area (Å²) in [6.45, 7) is 2.06. The van der Waals surface area contributed by atoms with Gasteiger partial charge in [-0.2, -0.15) is 0 Å². The van der Waals surface area contributed by atoms with Crippen LogP contribution in [0.1, 0.15) is 24.2 Å². The zero-order valence-corrected chi connectivity index (χ0v) is 11.4. The van der Waals surface area contributed by atoms with Crippen molar-refractivity contribution in [2.24, 2.45) is 5.92 Å². The molecular weight excluding hydrogens is 276 g/mol. The third-order valence-electron chi connectivity index (χ3n) is 3.36. The van der Waals surface area contributed by atoms with Crippen LogP contribution in [0.25, 0.3) is 11.0 Å². The van der Waals surface area contributed by atoms with Gasteiger partial charge in [0.25, 0.3) is 0 Å². The molecule has 1 saturated carbocycles. The number of hydrogen-bond acceptors (Lipinski definition) is 2. The molecule has 88 valence electrons. The van der Waals surface area contributed by atoms with Crippen molar-refractivity contribution in [2.75, 3.05) is 0 Å². The van der Waals surface area contributed by atoms with E-state index in [0.29, 0.717) is 4.83 Å². The van der Waals surface area contributed by atoms with Crippen molar-refractivity contribution in [3.8, 4) is 0 Å². The molecule has 1 aliphatic rings. The number of rotatable bonds is 3. The monoisotopic (exact) mass is 290 g/mol. The normalized spacial score (nSPS) is 17.3. The largest absolute Gasteiger partial charge is 0.250 e. The zero-order chi connectivity index (χ0) is 11.8. The Hall–Kier alpha value is -0.960. The fourth-order valence-electron chi connectivity index (χ4n) is 2.13. The van der Waals surface area contributed by atoms with E-state index in [1.807, 2.05) is 24.3 Å². The summed E-state index contributed by atoms with van der Waals surface area (Å²) < 4.78 is 0. The van der Waals surface area contributed by atoms with Gasteiger partial charge in [-0.1, -0.05) is 28.1 Å². The topological polar surface area (TPSA) is 25.8 Å². The predicted molar refractivity (Wildman–Crippen MR) is 73.4 cm³/mol. The average molecular weight is 291 g/mol. The van der Waals surface area contributed by atoms with E-state index in [1.165, 1.54) is 12.8 Å². The fraction of sp³-hybridized carbons (Fsp3) is 0.429. The number of alkyl halides is 1. The molecule has 0 radical (unpaired) electrons. The Labute approximate surface area is 110 Å². The second-order valence-electron chi connectivity index (χ2n) is 4.80. The number of fused-ring (bicyclic) bond motifs is 1. The number of para-hydroxylation sites is 2. The van der Waals surface area contributed by atoms with Gasteiger partial charge in [0.1, 0.15) is 0 Å². The van der Waals surface area contributed by atoms with Gasteiger partial charge in [0, 0.05) is 11.2 Å². The summed E-state index contributed by atoms with van der Waals surface area (Å²) >= 11 is 3.77. The summed E-state index contributed by atoms with van der Waals surface area (Å²) in [5, 5.41) is 0. The molecule has 1 aromatic carbocycles. The first-order chi connectivity index (χ1) is 8.24. The molecule has 0 bridgehead atoms. The molecule has 1 aromatic heterocycles. The molecule has 1 fully saturated rings. The van der Waals surface area contributed by atoms with Gasteiger partial charge in [0.2, 0.25) is 0 Å². The number of halogens is 1. The number of nitrogens with zero attached hydrogens (tertiary/aromatic N) is 2. The maximum Gasteiger partial charge on any atom is 0.0890 e. The van der Waals surface area contributed by atoms with Crippen LogP contribution in [-0.4, -0.2) is 14.8 Å². The van der Waals surface area contributed by atoms with E-state index in [9.17, 15) is 0 Å². The SMILES string of the molecule is Cc1nc2ccccc2nc1CC(Br)C1CC1. The van der Waals surface area contributed by atoms with Crippen LogP contribution < -0.4 is 0 Å². The van der Waals surface area contributed by atoms with Crippen molar-refractivity contribution in [3.05, 3.63) is 35.7 Å². The molecular formula is C14H15BrN2. The number of hydrogen-bond donors (Lipinski definition) is 0. The van der Waals surface area contributed by atoms with Crippen LogP contribution in [-0.2, 0) is 6.42 Å². The van der Waals surface area contributed by atoms with Gasteiger partial charge < -0.3 is 0 Å². The lowest BCUT2D eigenvalue weighted by atomic mass is 10.1. The molecule has 3 rings (SSSR count). The summed E-state index contributed by atoms with van der Waals surface area (Å²) in [5.74, 6) is 0.850. The third kappa shape index (κ3) is 2.34. The smallest absolute Gasteiger partial charge is 0.0890 e. The van der Waals surface area contributed by atoms with E-state index >= 15 is 0 Å². The molecule has 3 heteroatoms. The van der Waals surface area contributed by atoms with E-state index in [-0.39, 0.29) is 0 Å². The van der Waals surface area contributed by atoms with Gasteiger partial charge in [-0.15, -0.1) is 0 Å². The molecule has 0 aliphatic heterocycles. The lowest BCUT2D eigenvalue weighted by Gasteiger charge is -2.10. The molecule has 0 spiro atoms. The molecule has 2 nitrogen and oxygen atoms in total. The summed E-state index contributed by atoms with van der Waals surface area (Å²) in [4.78, 5) is 9.92. The second kappa shape index (κ2) is 4.37. The Morgan fingerprint density at radius 1 is 1.24 bits per heavy atom. The highest BCUT2D eigenvalue weighted by Crippen LogP contribution is 2.38. The van der Waals surface area contributed by atoms with Crippen molar-refractivity contribution >= 4 is 27.0 Å². The van der Waals surface area contributed by atoms with Crippen LogP contribution in [0.5, 0.6) is 0 Å². The minimum atomic E-state index is 0.566. The van der Waals surface area contributed by atoms with E-state index in [2.05, 4.69) is 27.8 Å².